The van der Waals surface area contributed by atoms with E-state index in [0.717, 1.165) is 0 Å². The predicted octanol–water partition coefficient (Wildman–Crippen LogP) is 6.84. The van der Waals surface area contributed by atoms with Crippen molar-refractivity contribution in [2.24, 2.45) is 0 Å². The molecule has 1 saturated heterocycles. The number of para-hydroxylation sites is 1. The Hall–Kier alpha value is -3.76. The zero-order chi connectivity index (χ0) is 29.9. The third-order valence-corrected chi connectivity index (χ3v) is 8.87. The Bertz CT molecular complexity index is 1740. The van der Waals surface area contributed by atoms with Crippen molar-refractivity contribution in [3.05, 3.63) is 117 Å². The molecule has 8 nitrogen and oxygen atoms in total. The Balaban J connectivity index is 1.28. The van der Waals surface area contributed by atoms with Crippen LogP contribution in [-0.2, 0) is 10.0 Å². The maximum absolute atomic E-state index is 13.5. The number of nitrogens with zero attached hydrogens (tertiary/aromatic N) is 2. The monoisotopic (exact) mass is 643 g/mol. The minimum absolute atomic E-state index is 0.0333. The highest BCUT2D eigenvalue weighted by molar-refractivity contribution is 7.92. The zero-order valence-electron chi connectivity index (χ0n) is 22.0. The summed E-state index contributed by atoms with van der Waals surface area (Å²) in [6.07, 6.45) is 0. The fraction of sp³-hybridized carbons (Fsp3) is 0.133. The SMILES string of the molecule is O=C(c1ccccc1Cl)N1CCN(C(=O)c2cc(Cl)ccc2NS(=O)(=O)c2ccc(Oc3ccccc3Cl)cc2)CC1. The van der Waals surface area contributed by atoms with Crippen molar-refractivity contribution in [3.63, 3.8) is 0 Å². The summed E-state index contributed by atoms with van der Waals surface area (Å²) in [7, 11) is -4.08. The highest BCUT2D eigenvalue weighted by Gasteiger charge is 2.28. The van der Waals surface area contributed by atoms with E-state index >= 15 is 0 Å². The molecule has 0 saturated carbocycles. The van der Waals surface area contributed by atoms with E-state index in [0.29, 0.717) is 40.2 Å². The van der Waals surface area contributed by atoms with Gasteiger partial charge in [0, 0.05) is 31.2 Å². The smallest absolute Gasteiger partial charge is 0.261 e. The van der Waals surface area contributed by atoms with E-state index in [-0.39, 0.29) is 40.2 Å². The van der Waals surface area contributed by atoms with Crippen LogP contribution in [0.25, 0.3) is 0 Å². The maximum atomic E-state index is 13.5. The Morgan fingerprint density at radius 1 is 0.690 bits per heavy atom. The third kappa shape index (κ3) is 6.65. The van der Waals surface area contributed by atoms with E-state index in [1.807, 2.05) is 0 Å². The number of amides is 2. The Labute approximate surface area is 258 Å². The minimum Gasteiger partial charge on any atom is -0.456 e. The minimum atomic E-state index is -4.08. The van der Waals surface area contributed by atoms with Gasteiger partial charge in [0.05, 0.1) is 31.8 Å². The molecule has 4 aromatic rings. The Morgan fingerprint density at radius 2 is 1.26 bits per heavy atom. The molecule has 216 valence electrons. The second-order valence-electron chi connectivity index (χ2n) is 9.36. The molecule has 12 heteroatoms. The van der Waals surface area contributed by atoms with Crippen molar-refractivity contribution in [1.29, 1.82) is 0 Å². The summed E-state index contributed by atoms with van der Waals surface area (Å²) in [5, 5.41) is 1.05. The largest absolute Gasteiger partial charge is 0.456 e. The van der Waals surface area contributed by atoms with Crippen molar-refractivity contribution in [1.82, 2.24) is 9.80 Å². The van der Waals surface area contributed by atoms with Gasteiger partial charge in [0.2, 0.25) is 0 Å². The molecule has 5 rings (SSSR count). The van der Waals surface area contributed by atoms with Crippen LogP contribution >= 0.6 is 34.8 Å². The van der Waals surface area contributed by atoms with Crippen LogP contribution in [0.1, 0.15) is 20.7 Å². The van der Waals surface area contributed by atoms with E-state index in [9.17, 15) is 18.0 Å². The molecule has 1 heterocycles. The molecular weight excluding hydrogens is 621 g/mol. The highest BCUT2D eigenvalue weighted by Crippen LogP contribution is 2.30. The van der Waals surface area contributed by atoms with Crippen LogP contribution in [-0.4, -0.2) is 56.2 Å². The average Bonchev–Trinajstić information content (AvgIpc) is 2.99. The molecule has 42 heavy (non-hydrogen) atoms. The first-order valence-corrected chi connectivity index (χ1v) is 15.4. The highest BCUT2D eigenvalue weighted by atomic mass is 35.5. The molecular formula is C30H24Cl3N3O5S. The van der Waals surface area contributed by atoms with E-state index < -0.39 is 15.9 Å². The number of halogens is 3. The third-order valence-electron chi connectivity index (χ3n) is 6.61. The van der Waals surface area contributed by atoms with Gasteiger partial charge < -0.3 is 14.5 Å². The summed E-state index contributed by atoms with van der Waals surface area (Å²) in [5.41, 5.74) is 0.569. The standard InChI is InChI=1S/C30H24Cl3N3O5S/c31-20-9-14-27(34-42(39,40)22-12-10-21(11-13-22)41-28-8-4-3-7-26(28)33)24(19-20)30(38)36-17-15-35(16-18-36)29(37)23-5-1-2-6-25(23)32/h1-14,19,34H,15-18H2. The number of nitrogens with one attached hydrogen (secondary N) is 1. The fourth-order valence-corrected chi connectivity index (χ4v) is 6.06. The second-order valence-corrected chi connectivity index (χ2v) is 12.3. The zero-order valence-corrected chi connectivity index (χ0v) is 25.1. The van der Waals surface area contributed by atoms with Crippen LogP contribution in [0.15, 0.2) is 95.9 Å². The molecule has 0 unspecified atom stereocenters. The first kappa shape index (κ1) is 29.7. The first-order chi connectivity index (χ1) is 20.1. The van der Waals surface area contributed by atoms with Gasteiger partial charge in [-0.15, -0.1) is 0 Å². The van der Waals surface area contributed by atoms with Gasteiger partial charge in [-0.05, 0) is 66.7 Å². The molecule has 4 aromatic carbocycles. The van der Waals surface area contributed by atoms with Crippen molar-refractivity contribution in [2.75, 3.05) is 30.9 Å². The van der Waals surface area contributed by atoms with Gasteiger partial charge in [0.15, 0.2) is 0 Å². The summed E-state index contributed by atoms with van der Waals surface area (Å²) in [5.74, 6) is 0.207. The first-order valence-electron chi connectivity index (χ1n) is 12.8. The van der Waals surface area contributed by atoms with Crippen LogP contribution in [0.5, 0.6) is 11.5 Å². The average molecular weight is 645 g/mol. The van der Waals surface area contributed by atoms with Crippen LogP contribution in [0.4, 0.5) is 5.69 Å². The van der Waals surface area contributed by atoms with Crippen LogP contribution in [0.3, 0.4) is 0 Å². The number of carbonyl (C=O) groups is 2. The lowest BCUT2D eigenvalue weighted by atomic mass is 10.1. The van der Waals surface area contributed by atoms with E-state index in [1.165, 1.54) is 42.5 Å². The van der Waals surface area contributed by atoms with Gasteiger partial charge in [0.25, 0.3) is 21.8 Å². The molecule has 0 bridgehead atoms. The van der Waals surface area contributed by atoms with E-state index in [2.05, 4.69) is 4.72 Å². The summed E-state index contributed by atoms with van der Waals surface area (Å²) in [6.45, 7) is 1.08. The number of ether oxygens (including phenoxy) is 1. The van der Waals surface area contributed by atoms with Gasteiger partial charge in [-0.25, -0.2) is 8.42 Å². The van der Waals surface area contributed by atoms with Gasteiger partial charge >= 0.3 is 0 Å². The van der Waals surface area contributed by atoms with Gasteiger partial charge in [-0.2, -0.15) is 0 Å². The van der Waals surface area contributed by atoms with Crippen LogP contribution in [0, 0.1) is 0 Å². The van der Waals surface area contributed by atoms with Crippen molar-refractivity contribution < 1.29 is 22.7 Å². The molecule has 0 atom stereocenters. The molecule has 0 radical (unpaired) electrons. The van der Waals surface area contributed by atoms with Gasteiger partial charge in [-0.1, -0.05) is 59.1 Å². The number of rotatable bonds is 7. The van der Waals surface area contributed by atoms with Gasteiger partial charge in [0.1, 0.15) is 11.5 Å². The number of carbonyl (C=O) groups excluding carboxylic acids is 2. The molecule has 1 aliphatic heterocycles. The van der Waals surface area contributed by atoms with Gasteiger partial charge in [-0.3, -0.25) is 14.3 Å². The number of sulfonamides is 1. The summed E-state index contributed by atoms with van der Waals surface area (Å²) >= 11 is 18.5. The van der Waals surface area contributed by atoms with Crippen molar-refractivity contribution in [2.45, 2.75) is 4.90 Å². The Morgan fingerprint density at radius 3 is 1.88 bits per heavy atom. The lowest BCUT2D eigenvalue weighted by Crippen LogP contribution is -2.50. The number of hydrogen-bond acceptors (Lipinski definition) is 5. The molecule has 0 aliphatic carbocycles. The molecule has 1 aliphatic rings. The summed E-state index contributed by atoms with van der Waals surface area (Å²) in [4.78, 5) is 29.6. The van der Waals surface area contributed by atoms with Crippen molar-refractivity contribution >= 4 is 62.3 Å². The molecule has 1 fully saturated rings. The van der Waals surface area contributed by atoms with Crippen LogP contribution < -0.4 is 9.46 Å². The summed E-state index contributed by atoms with van der Waals surface area (Å²) in [6, 6.07) is 23.9. The fourth-order valence-electron chi connectivity index (χ4n) is 4.42. The number of hydrogen-bond donors (Lipinski definition) is 1. The lowest BCUT2D eigenvalue weighted by molar-refractivity contribution is 0.0536. The quantitative estimate of drug-likeness (QED) is 0.238. The maximum Gasteiger partial charge on any atom is 0.261 e. The Kier molecular flexibility index (Phi) is 8.93. The second kappa shape index (κ2) is 12.6. The molecule has 2 amide bonds. The summed E-state index contributed by atoms with van der Waals surface area (Å²) < 4.78 is 34.8. The number of piperazine rings is 1. The lowest BCUT2D eigenvalue weighted by Gasteiger charge is -2.35. The van der Waals surface area contributed by atoms with Crippen LogP contribution in [0.2, 0.25) is 15.1 Å². The van der Waals surface area contributed by atoms with E-state index in [1.54, 1.807) is 58.3 Å². The number of anilines is 1. The molecule has 0 aromatic heterocycles. The topological polar surface area (TPSA) is 96.0 Å². The number of benzene rings is 4. The predicted molar refractivity (Wildman–Crippen MR) is 163 cm³/mol. The molecule has 0 spiro atoms. The van der Waals surface area contributed by atoms with E-state index in [4.69, 9.17) is 39.5 Å². The normalized spacial score (nSPS) is 13.5. The van der Waals surface area contributed by atoms with Crippen molar-refractivity contribution in [3.8, 4) is 11.5 Å². The molecule has 1 N–H and O–H groups in total.